The van der Waals surface area contributed by atoms with E-state index in [-0.39, 0.29) is 12.0 Å². The Balaban J connectivity index is 2.63. The molecule has 3 N–H and O–H groups in total. The highest BCUT2D eigenvalue weighted by molar-refractivity contribution is 5.83. The highest BCUT2D eigenvalue weighted by Gasteiger charge is 2.35. The van der Waals surface area contributed by atoms with Crippen LogP contribution >= 0.6 is 0 Å². The fourth-order valence-electron chi connectivity index (χ4n) is 3.24. The quantitative estimate of drug-likeness (QED) is 0.806. The Bertz CT molecular complexity index is 737. The zero-order valence-corrected chi connectivity index (χ0v) is 13.9. The van der Waals surface area contributed by atoms with Crippen LogP contribution in [0.2, 0.25) is 0 Å². The molecule has 6 heteroatoms. The SMILES string of the molecule is CCCC1(CC(=O)O)C=C(c2c(N)c(C)cc(F)c2C#N)CCO1. The van der Waals surface area contributed by atoms with Crippen molar-refractivity contribution in [3.8, 4) is 6.07 Å². The van der Waals surface area contributed by atoms with Crippen molar-refractivity contribution in [3.05, 3.63) is 34.6 Å². The van der Waals surface area contributed by atoms with Crippen LogP contribution in [-0.2, 0) is 9.53 Å². The summed E-state index contributed by atoms with van der Waals surface area (Å²) in [7, 11) is 0. The van der Waals surface area contributed by atoms with E-state index < -0.39 is 17.4 Å². The molecule has 1 aromatic rings. The van der Waals surface area contributed by atoms with Crippen molar-refractivity contribution in [2.45, 2.75) is 45.1 Å². The van der Waals surface area contributed by atoms with Crippen LogP contribution in [0, 0.1) is 24.1 Å². The predicted molar refractivity (Wildman–Crippen MR) is 88.7 cm³/mol. The topological polar surface area (TPSA) is 96.3 Å². The second-order valence-corrected chi connectivity index (χ2v) is 6.10. The van der Waals surface area contributed by atoms with E-state index in [0.717, 1.165) is 6.42 Å². The number of hydrogen-bond donors (Lipinski definition) is 2. The summed E-state index contributed by atoms with van der Waals surface area (Å²) >= 11 is 0. The molecule has 0 saturated carbocycles. The number of benzene rings is 1. The Hall–Kier alpha value is -2.39. The summed E-state index contributed by atoms with van der Waals surface area (Å²) in [4.78, 5) is 11.2. The minimum absolute atomic E-state index is 0.105. The van der Waals surface area contributed by atoms with Crippen molar-refractivity contribution in [2.75, 3.05) is 12.3 Å². The number of carboxylic acids is 1. The number of ether oxygens (including phenoxy) is 1. The highest BCUT2D eigenvalue weighted by atomic mass is 19.1. The molecule has 1 unspecified atom stereocenters. The van der Waals surface area contributed by atoms with E-state index in [4.69, 9.17) is 10.5 Å². The van der Waals surface area contributed by atoms with Gasteiger partial charge in [-0.2, -0.15) is 5.26 Å². The molecule has 0 fully saturated rings. The van der Waals surface area contributed by atoms with Crippen molar-refractivity contribution in [1.82, 2.24) is 0 Å². The number of hydrogen-bond acceptors (Lipinski definition) is 4. The van der Waals surface area contributed by atoms with Crippen LogP contribution in [0.5, 0.6) is 0 Å². The average molecular weight is 332 g/mol. The number of nitrogens with zero attached hydrogens (tertiary/aromatic N) is 1. The van der Waals surface area contributed by atoms with Gasteiger partial charge in [0, 0.05) is 11.3 Å². The summed E-state index contributed by atoms with van der Waals surface area (Å²) < 4.78 is 19.9. The summed E-state index contributed by atoms with van der Waals surface area (Å²) in [6.07, 6.45) is 3.26. The molecule has 0 aliphatic carbocycles. The second-order valence-electron chi connectivity index (χ2n) is 6.10. The maximum atomic E-state index is 14.2. The predicted octanol–water partition coefficient (Wildman–Crippen LogP) is 3.41. The van der Waals surface area contributed by atoms with Gasteiger partial charge in [-0.05, 0) is 43.0 Å². The van der Waals surface area contributed by atoms with Crippen molar-refractivity contribution in [3.63, 3.8) is 0 Å². The number of nitriles is 1. The summed E-state index contributed by atoms with van der Waals surface area (Å²) in [5.41, 5.74) is 6.99. The standard InChI is InChI=1S/C18H21FN2O3/c1-3-5-18(9-15(22)23)8-12(4-6-24-18)16-13(10-20)14(19)7-11(2)17(16)21/h7-8H,3-6,9,21H2,1-2H3,(H,22,23). The maximum Gasteiger partial charge on any atom is 0.306 e. The van der Waals surface area contributed by atoms with Gasteiger partial charge in [-0.3, -0.25) is 4.79 Å². The molecule has 1 aromatic carbocycles. The Labute approximate surface area is 140 Å². The largest absolute Gasteiger partial charge is 0.481 e. The molecule has 1 atom stereocenters. The first-order chi connectivity index (χ1) is 11.3. The first-order valence-corrected chi connectivity index (χ1v) is 7.90. The van der Waals surface area contributed by atoms with E-state index in [1.165, 1.54) is 6.07 Å². The second kappa shape index (κ2) is 7.02. The molecule has 0 aromatic heterocycles. The van der Waals surface area contributed by atoms with Gasteiger partial charge in [-0.15, -0.1) is 0 Å². The zero-order valence-electron chi connectivity index (χ0n) is 13.9. The molecule has 0 radical (unpaired) electrons. The van der Waals surface area contributed by atoms with E-state index in [0.29, 0.717) is 41.8 Å². The molecule has 0 amide bonds. The van der Waals surface area contributed by atoms with Crippen LogP contribution in [0.15, 0.2) is 12.1 Å². The lowest BCUT2D eigenvalue weighted by Crippen LogP contribution is -2.36. The number of rotatable bonds is 5. The Kier molecular flexibility index (Phi) is 5.25. The van der Waals surface area contributed by atoms with Crippen molar-refractivity contribution in [1.29, 1.82) is 5.26 Å². The van der Waals surface area contributed by atoms with Crippen LogP contribution in [0.3, 0.4) is 0 Å². The number of aryl methyl sites for hydroxylation is 1. The van der Waals surface area contributed by atoms with Crippen LogP contribution in [0.4, 0.5) is 10.1 Å². The molecule has 0 spiro atoms. The van der Waals surface area contributed by atoms with Gasteiger partial charge >= 0.3 is 5.97 Å². The minimum Gasteiger partial charge on any atom is -0.481 e. The van der Waals surface area contributed by atoms with E-state index in [1.54, 1.807) is 13.0 Å². The van der Waals surface area contributed by atoms with Crippen molar-refractivity contribution < 1.29 is 19.0 Å². The zero-order chi connectivity index (χ0) is 17.9. The van der Waals surface area contributed by atoms with Crippen LogP contribution in [-0.4, -0.2) is 23.3 Å². The van der Waals surface area contributed by atoms with Gasteiger partial charge in [0.05, 0.1) is 24.2 Å². The van der Waals surface area contributed by atoms with Crippen molar-refractivity contribution in [2.24, 2.45) is 0 Å². The van der Waals surface area contributed by atoms with E-state index in [9.17, 15) is 19.6 Å². The lowest BCUT2D eigenvalue weighted by Gasteiger charge is -2.35. The highest BCUT2D eigenvalue weighted by Crippen LogP contribution is 2.39. The van der Waals surface area contributed by atoms with Crippen LogP contribution in [0.1, 0.15) is 49.3 Å². The lowest BCUT2D eigenvalue weighted by molar-refractivity contribution is -0.143. The fourth-order valence-corrected chi connectivity index (χ4v) is 3.24. The van der Waals surface area contributed by atoms with Gasteiger partial charge in [0.1, 0.15) is 11.9 Å². The third kappa shape index (κ3) is 3.41. The number of halogens is 1. The molecule has 24 heavy (non-hydrogen) atoms. The van der Waals surface area contributed by atoms with Gasteiger partial charge in [0.25, 0.3) is 0 Å². The number of aliphatic carboxylic acids is 1. The van der Waals surface area contributed by atoms with Crippen LogP contribution < -0.4 is 5.73 Å². The van der Waals surface area contributed by atoms with Crippen LogP contribution in [0.25, 0.3) is 5.57 Å². The summed E-state index contributed by atoms with van der Waals surface area (Å²) in [6, 6.07) is 3.12. The summed E-state index contributed by atoms with van der Waals surface area (Å²) in [5, 5.41) is 18.5. The molecule has 2 rings (SSSR count). The van der Waals surface area contributed by atoms with Crippen molar-refractivity contribution >= 4 is 17.2 Å². The first kappa shape index (κ1) is 18.0. The normalized spacial score (nSPS) is 20.3. The Morgan fingerprint density at radius 2 is 2.29 bits per heavy atom. The number of nitrogen functional groups attached to an aromatic ring is 1. The summed E-state index contributed by atoms with van der Waals surface area (Å²) in [5.74, 6) is -1.59. The van der Waals surface area contributed by atoms with E-state index in [1.807, 2.05) is 13.0 Å². The molecule has 1 aliphatic heterocycles. The van der Waals surface area contributed by atoms with Gasteiger partial charge in [0.15, 0.2) is 0 Å². The summed E-state index contributed by atoms with van der Waals surface area (Å²) in [6.45, 7) is 3.93. The number of carbonyl (C=O) groups is 1. The number of anilines is 1. The third-order valence-corrected chi connectivity index (χ3v) is 4.28. The molecular weight excluding hydrogens is 311 g/mol. The smallest absolute Gasteiger partial charge is 0.306 e. The third-order valence-electron chi connectivity index (χ3n) is 4.28. The Morgan fingerprint density at radius 3 is 2.88 bits per heavy atom. The minimum atomic E-state index is -0.968. The monoisotopic (exact) mass is 332 g/mol. The molecule has 0 saturated heterocycles. The maximum absolute atomic E-state index is 14.2. The van der Waals surface area contributed by atoms with E-state index in [2.05, 4.69) is 0 Å². The molecule has 5 nitrogen and oxygen atoms in total. The molecule has 1 heterocycles. The van der Waals surface area contributed by atoms with Gasteiger partial charge in [-0.25, -0.2) is 4.39 Å². The first-order valence-electron chi connectivity index (χ1n) is 7.90. The fraction of sp³-hybridized carbons (Fsp3) is 0.444. The van der Waals surface area contributed by atoms with Gasteiger partial charge in [0.2, 0.25) is 0 Å². The number of carboxylic acid groups (broad SMARTS) is 1. The molecular formula is C18H21FN2O3. The Morgan fingerprint density at radius 1 is 1.58 bits per heavy atom. The molecule has 1 aliphatic rings. The van der Waals surface area contributed by atoms with Gasteiger partial charge in [-0.1, -0.05) is 13.3 Å². The molecule has 0 bridgehead atoms. The number of nitrogens with two attached hydrogens (primary N) is 1. The lowest BCUT2D eigenvalue weighted by atomic mass is 9.84. The average Bonchev–Trinajstić information content (AvgIpc) is 2.50. The molecule has 128 valence electrons. The van der Waals surface area contributed by atoms with Gasteiger partial charge < -0.3 is 15.6 Å². The van der Waals surface area contributed by atoms with E-state index >= 15 is 0 Å².